The lowest BCUT2D eigenvalue weighted by Crippen LogP contribution is -2.44. The number of hydrogen-bond acceptors (Lipinski definition) is 6. The molecule has 6 heteroatoms. The van der Waals surface area contributed by atoms with Crippen molar-refractivity contribution in [3.8, 4) is 0 Å². The molecule has 2 N–H and O–H groups in total. The summed E-state index contributed by atoms with van der Waals surface area (Å²) in [5.41, 5.74) is -0.648. The standard InChI is InChI=1S/C14H21NO4S/c1-18-13(16)8-11-2-3-12(20-11)9-15-10-14(17)4-6-19-7-5-14/h2-3,15,17H,4-10H2,1H3. The zero-order valence-electron chi connectivity index (χ0n) is 11.7. The maximum absolute atomic E-state index is 11.2. The second-order valence-corrected chi connectivity index (χ2v) is 6.31. The number of ether oxygens (including phenoxy) is 2. The van der Waals surface area contributed by atoms with E-state index < -0.39 is 5.60 Å². The van der Waals surface area contributed by atoms with Gasteiger partial charge in [0.15, 0.2) is 0 Å². The molecule has 0 bridgehead atoms. The van der Waals surface area contributed by atoms with Gasteiger partial charge in [0, 0.05) is 48.9 Å². The number of aliphatic hydroxyl groups is 1. The van der Waals surface area contributed by atoms with Crippen LogP contribution in [-0.4, -0.2) is 43.5 Å². The van der Waals surface area contributed by atoms with Gasteiger partial charge < -0.3 is 19.9 Å². The van der Waals surface area contributed by atoms with Crippen molar-refractivity contribution in [2.24, 2.45) is 0 Å². The molecule has 1 fully saturated rings. The topological polar surface area (TPSA) is 67.8 Å². The maximum Gasteiger partial charge on any atom is 0.310 e. The molecule has 20 heavy (non-hydrogen) atoms. The average molecular weight is 299 g/mol. The normalized spacial score (nSPS) is 17.9. The first-order valence-corrected chi connectivity index (χ1v) is 7.58. The number of hydrogen-bond donors (Lipinski definition) is 2. The summed E-state index contributed by atoms with van der Waals surface area (Å²) in [5, 5.41) is 13.6. The van der Waals surface area contributed by atoms with Crippen LogP contribution in [0.5, 0.6) is 0 Å². The molecule has 5 nitrogen and oxygen atoms in total. The predicted octanol–water partition coefficient (Wildman–Crippen LogP) is 1.09. The van der Waals surface area contributed by atoms with Crippen LogP contribution in [0.15, 0.2) is 12.1 Å². The van der Waals surface area contributed by atoms with Crippen LogP contribution in [0.25, 0.3) is 0 Å². The van der Waals surface area contributed by atoms with Crippen molar-refractivity contribution < 1.29 is 19.4 Å². The van der Waals surface area contributed by atoms with E-state index in [0.29, 0.717) is 45.6 Å². The number of thiophene rings is 1. The summed E-state index contributed by atoms with van der Waals surface area (Å²) >= 11 is 1.59. The molecule has 0 spiro atoms. The molecular weight excluding hydrogens is 278 g/mol. The highest BCUT2D eigenvalue weighted by Gasteiger charge is 2.29. The quantitative estimate of drug-likeness (QED) is 0.770. The van der Waals surface area contributed by atoms with Gasteiger partial charge in [-0.05, 0) is 12.1 Å². The van der Waals surface area contributed by atoms with E-state index in [4.69, 9.17) is 4.74 Å². The smallest absolute Gasteiger partial charge is 0.310 e. The van der Waals surface area contributed by atoms with Gasteiger partial charge in [-0.2, -0.15) is 0 Å². The summed E-state index contributed by atoms with van der Waals surface area (Å²) in [6, 6.07) is 3.95. The Bertz CT molecular complexity index is 440. The highest BCUT2D eigenvalue weighted by atomic mass is 32.1. The second-order valence-electron chi connectivity index (χ2n) is 5.06. The third-order valence-corrected chi connectivity index (χ3v) is 4.53. The Morgan fingerprint density at radius 3 is 2.85 bits per heavy atom. The van der Waals surface area contributed by atoms with E-state index in [-0.39, 0.29) is 5.97 Å². The molecule has 0 atom stereocenters. The van der Waals surface area contributed by atoms with Gasteiger partial charge in [0.1, 0.15) is 0 Å². The van der Waals surface area contributed by atoms with Crippen LogP contribution in [0.4, 0.5) is 0 Å². The molecule has 1 aliphatic heterocycles. The minimum atomic E-state index is -0.648. The first-order valence-electron chi connectivity index (χ1n) is 6.76. The number of nitrogens with one attached hydrogen (secondary N) is 1. The van der Waals surface area contributed by atoms with E-state index in [9.17, 15) is 9.90 Å². The van der Waals surface area contributed by atoms with E-state index in [0.717, 1.165) is 9.75 Å². The molecule has 2 heterocycles. The minimum absolute atomic E-state index is 0.220. The van der Waals surface area contributed by atoms with E-state index in [1.165, 1.54) is 7.11 Å². The van der Waals surface area contributed by atoms with Crippen molar-refractivity contribution in [2.75, 3.05) is 26.9 Å². The van der Waals surface area contributed by atoms with Crippen molar-refractivity contribution in [3.63, 3.8) is 0 Å². The summed E-state index contributed by atoms with van der Waals surface area (Å²) in [6.07, 6.45) is 1.68. The molecule has 0 unspecified atom stereocenters. The number of esters is 1. The Kier molecular flexibility index (Phi) is 5.54. The van der Waals surface area contributed by atoms with Crippen LogP contribution in [-0.2, 0) is 27.2 Å². The molecular formula is C14H21NO4S. The summed E-state index contributed by atoms with van der Waals surface area (Å²) in [5.74, 6) is -0.220. The number of rotatable bonds is 6. The molecule has 0 aromatic carbocycles. The largest absolute Gasteiger partial charge is 0.469 e. The van der Waals surface area contributed by atoms with Crippen LogP contribution in [0.2, 0.25) is 0 Å². The molecule has 0 amide bonds. The van der Waals surface area contributed by atoms with E-state index >= 15 is 0 Å². The molecule has 112 valence electrons. The first-order chi connectivity index (χ1) is 9.61. The summed E-state index contributed by atoms with van der Waals surface area (Å²) in [4.78, 5) is 13.3. The highest BCUT2D eigenvalue weighted by molar-refractivity contribution is 7.12. The minimum Gasteiger partial charge on any atom is -0.469 e. The lowest BCUT2D eigenvalue weighted by atomic mass is 9.94. The maximum atomic E-state index is 11.2. The number of carbonyl (C=O) groups is 1. The Morgan fingerprint density at radius 1 is 1.45 bits per heavy atom. The molecule has 2 rings (SSSR count). The fraction of sp³-hybridized carbons (Fsp3) is 0.643. The van der Waals surface area contributed by atoms with Crippen LogP contribution in [0.3, 0.4) is 0 Å². The molecule has 1 aromatic heterocycles. The molecule has 1 aliphatic rings. The summed E-state index contributed by atoms with van der Waals surface area (Å²) in [6.45, 7) is 2.52. The van der Waals surface area contributed by atoms with E-state index in [1.54, 1.807) is 11.3 Å². The lowest BCUT2D eigenvalue weighted by Gasteiger charge is -2.32. The molecule has 1 saturated heterocycles. The van der Waals surface area contributed by atoms with Crippen LogP contribution < -0.4 is 5.32 Å². The third kappa shape index (κ3) is 4.56. The van der Waals surface area contributed by atoms with Crippen LogP contribution in [0, 0.1) is 0 Å². The van der Waals surface area contributed by atoms with Crippen LogP contribution >= 0.6 is 11.3 Å². The monoisotopic (exact) mass is 299 g/mol. The van der Waals surface area contributed by atoms with Gasteiger partial charge in [-0.3, -0.25) is 4.79 Å². The van der Waals surface area contributed by atoms with Gasteiger partial charge in [0.05, 0.1) is 19.1 Å². The van der Waals surface area contributed by atoms with Gasteiger partial charge in [0.2, 0.25) is 0 Å². The van der Waals surface area contributed by atoms with E-state index in [2.05, 4.69) is 10.1 Å². The highest BCUT2D eigenvalue weighted by Crippen LogP contribution is 2.20. The zero-order valence-corrected chi connectivity index (χ0v) is 12.5. The number of carbonyl (C=O) groups excluding carboxylic acids is 1. The summed E-state index contributed by atoms with van der Waals surface area (Å²) < 4.78 is 9.90. The first kappa shape index (κ1) is 15.4. The molecule has 1 aromatic rings. The Hall–Kier alpha value is -0.950. The third-order valence-electron chi connectivity index (χ3n) is 3.44. The van der Waals surface area contributed by atoms with Gasteiger partial charge in [-0.25, -0.2) is 0 Å². The van der Waals surface area contributed by atoms with Gasteiger partial charge >= 0.3 is 5.97 Å². The Morgan fingerprint density at radius 2 is 2.15 bits per heavy atom. The van der Waals surface area contributed by atoms with Crippen molar-refractivity contribution in [3.05, 3.63) is 21.9 Å². The van der Waals surface area contributed by atoms with Crippen molar-refractivity contribution in [1.29, 1.82) is 0 Å². The number of methoxy groups -OCH3 is 1. The summed E-state index contributed by atoms with van der Waals surface area (Å²) in [7, 11) is 1.40. The van der Waals surface area contributed by atoms with Crippen molar-refractivity contribution in [2.45, 2.75) is 31.4 Å². The fourth-order valence-electron chi connectivity index (χ4n) is 2.17. The van der Waals surface area contributed by atoms with Gasteiger partial charge in [-0.15, -0.1) is 11.3 Å². The predicted molar refractivity (Wildman–Crippen MR) is 76.7 cm³/mol. The van der Waals surface area contributed by atoms with Gasteiger partial charge in [-0.1, -0.05) is 0 Å². The van der Waals surface area contributed by atoms with Crippen LogP contribution in [0.1, 0.15) is 22.6 Å². The lowest BCUT2D eigenvalue weighted by molar-refractivity contribution is -0.139. The molecule has 0 radical (unpaired) electrons. The second kappa shape index (κ2) is 7.17. The SMILES string of the molecule is COC(=O)Cc1ccc(CNCC2(O)CCOCC2)s1. The van der Waals surface area contributed by atoms with E-state index in [1.807, 2.05) is 12.1 Å². The molecule has 0 aliphatic carbocycles. The van der Waals surface area contributed by atoms with Gasteiger partial charge in [0.25, 0.3) is 0 Å². The van der Waals surface area contributed by atoms with Crippen molar-refractivity contribution in [1.82, 2.24) is 5.32 Å². The fourth-order valence-corrected chi connectivity index (χ4v) is 3.15. The van der Waals surface area contributed by atoms with Crippen molar-refractivity contribution >= 4 is 17.3 Å². The average Bonchev–Trinajstić information content (AvgIpc) is 2.86. The zero-order chi connectivity index (χ0) is 14.4. The Labute approximate surface area is 122 Å². The Balaban J connectivity index is 1.75. The molecule has 0 saturated carbocycles.